The summed E-state index contributed by atoms with van der Waals surface area (Å²) in [5, 5.41) is 8.78. The van der Waals surface area contributed by atoms with Crippen molar-refractivity contribution in [3.63, 3.8) is 0 Å². The van der Waals surface area contributed by atoms with Crippen molar-refractivity contribution in [2.75, 3.05) is 13.1 Å². The lowest BCUT2D eigenvalue weighted by Crippen LogP contribution is -2.39. The molecule has 0 N–H and O–H groups in total. The molecule has 0 spiro atoms. The molecular weight excluding hydrogens is 414 g/mol. The molecule has 30 heavy (non-hydrogen) atoms. The minimum absolute atomic E-state index is 0.0977. The summed E-state index contributed by atoms with van der Waals surface area (Å²) in [7, 11) is -4.67. The molecular formula is C20H24F2N4O3S. The minimum Gasteiger partial charge on any atom is -0.338 e. The lowest BCUT2D eigenvalue weighted by atomic mass is 9.96. The number of nitrogens with zero attached hydrogens (tertiary/aromatic N) is 4. The summed E-state index contributed by atoms with van der Waals surface area (Å²) in [5.74, 6) is -1.68. The van der Waals surface area contributed by atoms with Crippen molar-refractivity contribution < 1.29 is 22.0 Å². The minimum atomic E-state index is -4.67. The fraction of sp³-hybridized carbons (Fsp3) is 0.550. The third kappa shape index (κ3) is 3.97. The molecule has 1 saturated heterocycles. The van der Waals surface area contributed by atoms with Gasteiger partial charge in [0, 0.05) is 37.5 Å². The van der Waals surface area contributed by atoms with E-state index >= 15 is 0 Å². The molecule has 10 heteroatoms. The number of benzene rings is 1. The highest BCUT2D eigenvalue weighted by Crippen LogP contribution is 2.29. The summed E-state index contributed by atoms with van der Waals surface area (Å²) >= 11 is 0. The molecule has 0 radical (unpaired) electrons. The largest absolute Gasteiger partial charge is 0.341 e. The van der Waals surface area contributed by atoms with Gasteiger partial charge in [0.15, 0.2) is 0 Å². The second-order valence-corrected chi connectivity index (χ2v) is 9.77. The number of rotatable bonds is 4. The lowest BCUT2D eigenvalue weighted by molar-refractivity contribution is 0.0703. The van der Waals surface area contributed by atoms with Gasteiger partial charge in [0.25, 0.3) is 5.91 Å². The van der Waals surface area contributed by atoms with E-state index in [0.29, 0.717) is 13.1 Å². The second kappa shape index (κ2) is 8.41. The summed E-state index contributed by atoms with van der Waals surface area (Å²) in [6, 6.07) is 4.72. The first kappa shape index (κ1) is 20.9. The van der Waals surface area contributed by atoms with Gasteiger partial charge in [0.05, 0.1) is 4.90 Å². The van der Waals surface area contributed by atoms with Crippen LogP contribution in [0.4, 0.5) is 8.78 Å². The van der Waals surface area contributed by atoms with Crippen molar-refractivity contribution in [2.45, 2.75) is 61.6 Å². The summed E-state index contributed by atoms with van der Waals surface area (Å²) in [5.41, 5.74) is 0.281. The van der Waals surface area contributed by atoms with Crippen LogP contribution in [-0.4, -0.2) is 52.8 Å². The third-order valence-corrected chi connectivity index (χ3v) is 7.27. The van der Waals surface area contributed by atoms with Gasteiger partial charge in [-0.3, -0.25) is 4.79 Å². The average Bonchev–Trinajstić information content (AvgIpc) is 3.01. The number of hydrogen-bond acceptors (Lipinski definition) is 5. The van der Waals surface area contributed by atoms with Crippen molar-refractivity contribution in [3.8, 4) is 0 Å². The maximum Gasteiger partial charge on any atom is 0.341 e. The highest BCUT2D eigenvalue weighted by atomic mass is 32.2. The molecule has 3 heterocycles. The van der Waals surface area contributed by atoms with Crippen LogP contribution in [0.15, 0.2) is 29.2 Å². The molecule has 1 unspecified atom stereocenters. The number of alkyl halides is 2. The number of aromatic nitrogens is 3. The van der Waals surface area contributed by atoms with Gasteiger partial charge < -0.3 is 9.47 Å². The molecule has 1 fully saturated rings. The predicted molar refractivity (Wildman–Crippen MR) is 105 cm³/mol. The number of piperidine rings is 1. The zero-order valence-corrected chi connectivity index (χ0v) is 17.3. The van der Waals surface area contributed by atoms with Gasteiger partial charge in [-0.2, -0.15) is 8.78 Å². The Morgan fingerprint density at radius 3 is 2.53 bits per heavy atom. The highest BCUT2D eigenvalue weighted by Gasteiger charge is 2.31. The highest BCUT2D eigenvalue weighted by molar-refractivity contribution is 7.91. The van der Waals surface area contributed by atoms with Gasteiger partial charge in [0.2, 0.25) is 9.84 Å². The normalized spacial score (nSPS) is 20.1. The van der Waals surface area contributed by atoms with Crippen molar-refractivity contribution in [1.82, 2.24) is 19.7 Å². The van der Waals surface area contributed by atoms with E-state index in [0.717, 1.165) is 62.4 Å². The fourth-order valence-electron chi connectivity index (χ4n) is 4.25. The smallest absolute Gasteiger partial charge is 0.338 e. The summed E-state index contributed by atoms with van der Waals surface area (Å²) in [4.78, 5) is 14.2. The molecule has 0 bridgehead atoms. The van der Waals surface area contributed by atoms with Crippen molar-refractivity contribution >= 4 is 15.7 Å². The monoisotopic (exact) mass is 438 g/mol. The Labute approximate surface area is 174 Å². The molecule has 7 nitrogen and oxygen atoms in total. The van der Waals surface area contributed by atoms with E-state index in [2.05, 4.69) is 14.8 Å². The first-order chi connectivity index (χ1) is 14.4. The Balaban J connectivity index is 1.50. The van der Waals surface area contributed by atoms with Crippen LogP contribution in [0.5, 0.6) is 0 Å². The first-order valence-electron chi connectivity index (χ1n) is 10.2. The van der Waals surface area contributed by atoms with Crippen LogP contribution >= 0.6 is 0 Å². The Bertz CT molecular complexity index is 1020. The van der Waals surface area contributed by atoms with E-state index in [9.17, 15) is 22.0 Å². The number of amides is 1. The van der Waals surface area contributed by atoms with Crippen LogP contribution in [-0.2, 0) is 22.8 Å². The SMILES string of the molecule is O=C(c1ccc(S(=O)(=O)C(F)F)cc1)N1CCCC(c2nnc3n2CCCCC3)C1. The number of carbonyl (C=O) groups excluding carboxylic acids is 1. The zero-order valence-electron chi connectivity index (χ0n) is 16.5. The van der Waals surface area contributed by atoms with Gasteiger partial charge in [-0.1, -0.05) is 6.42 Å². The molecule has 2 aromatic rings. The number of hydrogen-bond donors (Lipinski definition) is 0. The molecule has 0 saturated carbocycles. The van der Waals surface area contributed by atoms with Crippen LogP contribution in [0.25, 0.3) is 0 Å². The van der Waals surface area contributed by atoms with Crippen LogP contribution in [0.2, 0.25) is 0 Å². The zero-order chi connectivity index (χ0) is 21.3. The number of likely N-dealkylation sites (tertiary alicyclic amines) is 1. The molecule has 2 aliphatic rings. The van der Waals surface area contributed by atoms with Gasteiger partial charge in [0.1, 0.15) is 11.6 Å². The van der Waals surface area contributed by atoms with Gasteiger partial charge >= 0.3 is 5.76 Å². The van der Waals surface area contributed by atoms with Crippen molar-refractivity contribution in [3.05, 3.63) is 41.5 Å². The molecule has 2 aliphatic heterocycles. The number of aryl methyl sites for hydroxylation is 1. The lowest BCUT2D eigenvalue weighted by Gasteiger charge is -2.32. The molecule has 162 valence electrons. The van der Waals surface area contributed by atoms with Crippen LogP contribution in [0.1, 0.15) is 60.0 Å². The van der Waals surface area contributed by atoms with Crippen LogP contribution in [0.3, 0.4) is 0 Å². The van der Waals surface area contributed by atoms with E-state index in [-0.39, 0.29) is 17.4 Å². The predicted octanol–water partition coefficient (Wildman–Crippen LogP) is 3.02. The summed E-state index contributed by atoms with van der Waals surface area (Å²) in [6.07, 6.45) is 6.07. The Morgan fingerprint density at radius 2 is 1.80 bits per heavy atom. The fourth-order valence-corrected chi connectivity index (χ4v) is 4.98. The number of sulfone groups is 1. The summed E-state index contributed by atoms with van der Waals surface area (Å²) < 4.78 is 50.7. The Hall–Kier alpha value is -2.36. The maximum absolute atomic E-state index is 12.9. The second-order valence-electron chi connectivity index (χ2n) is 7.86. The molecule has 1 aromatic carbocycles. The third-order valence-electron chi connectivity index (χ3n) is 5.88. The quantitative estimate of drug-likeness (QED) is 0.733. The van der Waals surface area contributed by atoms with Crippen LogP contribution < -0.4 is 0 Å². The van der Waals surface area contributed by atoms with Crippen LogP contribution in [0, 0.1) is 0 Å². The van der Waals surface area contributed by atoms with E-state index < -0.39 is 20.5 Å². The van der Waals surface area contributed by atoms with Gasteiger partial charge in [-0.15, -0.1) is 10.2 Å². The Kier molecular flexibility index (Phi) is 5.86. The van der Waals surface area contributed by atoms with E-state index in [4.69, 9.17) is 0 Å². The molecule has 1 amide bonds. The molecule has 0 aliphatic carbocycles. The number of halogens is 2. The molecule has 1 aromatic heterocycles. The van der Waals surface area contributed by atoms with Gasteiger partial charge in [-0.05, 0) is 49.9 Å². The molecule has 1 atom stereocenters. The van der Waals surface area contributed by atoms with Crippen molar-refractivity contribution in [1.29, 1.82) is 0 Å². The standard InChI is InChI=1S/C20H24F2N4O3S/c21-20(22)30(28,29)16-9-7-14(8-10-16)19(27)25-11-4-5-15(13-25)18-24-23-17-6-2-1-3-12-26(17)18/h7-10,15,20H,1-6,11-13H2. The average molecular weight is 439 g/mol. The van der Waals surface area contributed by atoms with Gasteiger partial charge in [-0.25, -0.2) is 8.42 Å². The maximum atomic E-state index is 12.9. The number of fused-ring (bicyclic) bond motifs is 1. The van der Waals surface area contributed by atoms with E-state index in [1.165, 1.54) is 18.6 Å². The molecule has 4 rings (SSSR count). The van der Waals surface area contributed by atoms with E-state index in [1.807, 2.05) is 0 Å². The Morgan fingerprint density at radius 1 is 1.03 bits per heavy atom. The van der Waals surface area contributed by atoms with Crippen molar-refractivity contribution in [2.24, 2.45) is 0 Å². The first-order valence-corrected chi connectivity index (χ1v) is 11.8. The topological polar surface area (TPSA) is 85.2 Å². The number of carbonyl (C=O) groups is 1. The van der Waals surface area contributed by atoms with E-state index in [1.54, 1.807) is 4.90 Å². The summed E-state index contributed by atoms with van der Waals surface area (Å²) in [6.45, 7) is 2.00.